The van der Waals surface area contributed by atoms with Crippen molar-refractivity contribution in [2.75, 3.05) is 13.1 Å². The number of piperidine rings is 1. The van der Waals surface area contributed by atoms with E-state index >= 15 is 0 Å². The van der Waals surface area contributed by atoms with Crippen molar-refractivity contribution in [3.63, 3.8) is 0 Å². The lowest BCUT2D eigenvalue weighted by Crippen LogP contribution is -2.50. The first kappa shape index (κ1) is 13.6. The van der Waals surface area contributed by atoms with E-state index in [0.29, 0.717) is 11.1 Å². The zero-order valence-electron chi connectivity index (χ0n) is 11.3. The molecule has 0 aliphatic carbocycles. The number of hydrogen-bond acceptors (Lipinski definition) is 4. The highest BCUT2D eigenvalue weighted by Gasteiger charge is 2.40. The highest BCUT2D eigenvalue weighted by Crippen LogP contribution is 2.26. The molecule has 3 rings (SSSR count). The lowest BCUT2D eigenvalue weighted by molar-refractivity contribution is -0.162. The van der Waals surface area contributed by atoms with Gasteiger partial charge in [-0.25, -0.2) is 4.79 Å². The summed E-state index contributed by atoms with van der Waals surface area (Å²) in [6.07, 6.45) is 1.48. The number of carbonyl (C=O) groups excluding carboxylic acids is 1. The maximum atomic E-state index is 12.5. The second-order valence-electron chi connectivity index (χ2n) is 5.27. The number of likely N-dealkylation sites (tertiary alicyclic amines) is 1. The maximum Gasteiger partial charge on any atom is 0.335 e. The van der Waals surface area contributed by atoms with Crippen LogP contribution in [0.1, 0.15) is 23.2 Å². The van der Waals surface area contributed by atoms with Crippen molar-refractivity contribution in [3.8, 4) is 0 Å². The molecule has 0 unspecified atom stereocenters. The van der Waals surface area contributed by atoms with Crippen molar-refractivity contribution >= 4 is 22.8 Å². The van der Waals surface area contributed by atoms with Crippen LogP contribution >= 0.6 is 0 Å². The summed E-state index contributed by atoms with van der Waals surface area (Å²) < 4.78 is 5.35. The van der Waals surface area contributed by atoms with Crippen molar-refractivity contribution in [3.05, 3.63) is 36.1 Å². The molecular formula is C15H15NO5. The number of aliphatic hydroxyl groups is 1. The Kier molecular flexibility index (Phi) is 3.17. The molecule has 21 heavy (non-hydrogen) atoms. The van der Waals surface area contributed by atoms with Crippen LogP contribution in [0.5, 0.6) is 0 Å². The van der Waals surface area contributed by atoms with E-state index in [9.17, 15) is 14.7 Å². The number of carbonyl (C=O) groups is 2. The van der Waals surface area contributed by atoms with Gasteiger partial charge in [-0.2, -0.15) is 0 Å². The molecule has 6 heteroatoms. The van der Waals surface area contributed by atoms with Crippen LogP contribution in [0.2, 0.25) is 0 Å². The Hall–Kier alpha value is -2.34. The largest absolute Gasteiger partial charge is 0.479 e. The van der Waals surface area contributed by atoms with E-state index in [1.165, 1.54) is 6.26 Å². The number of carboxylic acids is 1. The molecule has 0 atom stereocenters. The fourth-order valence-corrected chi connectivity index (χ4v) is 2.61. The topological polar surface area (TPSA) is 91.0 Å². The average molecular weight is 289 g/mol. The second-order valence-corrected chi connectivity index (χ2v) is 5.27. The summed E-state index contributed by atoms with van der Waals surface area (Å²) in [5.74, 6) is -1.43. The Balaban J connectivity index is 1.80. The molecule has 2 N–H and O–H groups in total. The van der Waals surface area contributed by atoms with Gasteiger partial charge in [0.25, 0.3) is 5.91 Å². The molecule has 1 aromatic carbocycles. The number of furan rings is 1. The van der Waals surface area contributed by atoms with Gasteiger partial charge >= 0.3 is 5.97 Å². The van der Waals surface area contributed by atoms with Crippen LogP contribution < -0.4 is 0 Å². The van der Waals surface area contributed by atoms with Crippen molar-refractivity contribution < 1.29 is 24.2 Å². The third kappa shape index (κ3) is 2.27. The van der Waals surface area contributed by atoms with Crippen molar-refractivity contribution in [2.24, 2.45) is 0 Å². The van der Waals surface area contributed by atoms with Crippen LogP contribution in [0.25, 0.3) is 11.0 Å². The first-order chi connectivity index (χ1) is 10.0. The van der Waals surface area contributed by atoms with Crippen LogP contribution in [0.15, 0.2) is 34.9 Å². The summed E-state index contributed by atoms with van der Waals surface area (Å²) in [5.41, 5.74) is -0.624. The van der Waals surface area contributed by atoms with Gasteiger partial charge in [0.15, 0.2) is 5.60 Å². The monoisotopic (exact) mass is 289 g/mol. The lowest BCUT2D eigenvalue weighted by atomic mass is 9.91. The number of amides is 1. The van der Waals surface area contributed by atoms with Gasteiger partial charge in [0.2, 0.25) is 0 Å². The molecule has 1 amide bonds. The van der Waals surface area contributed by atoms with Gasteiger partial charge in [0.05, 0.1) is 5.56 Å². The fraction of sp³-hybridized carbons (Fsp3) is 0.333. The zero-order valence-corrected chi connectivity index (χ0v) is 11.3. The number of fused-ring (bicyclic) bond motifs is 1. The molecule has 2 aromatic rings. The maximum absolute atomic E-state index is 12.5. The highest BCUT2D eigenvalue weighted by molar-refractivity contribution is 6.06. The number of nitrogens with zero attached hydrogens (tertiary/aromatic N) is 1. The molecule has 110 valence electrons. The minimum atomic E-state index is -1.73. The Labute approximate surface area is 120 Å². The summed E-state index contributed by atoms with van der Waals surface area (Å²) >= 11 is 0. The Bertz CT molecular complexity index is 697. The standard InChI is InChI=1S/C15H15NO5/c17-13(11-9-21-12-4-2-1-3-10(11)12)16-7-5-15(20,6-8-16)14(18)19/h1-4,9,20H,5-8H2,(H,18,19). The SMILES string of the molecule is O=C(c1coc2ccccc12)N1CCC(O)(C(=O)O)CC1. The van der Waals surface area contributed by atoms with Crippen LogP contribution in [0.3, 0.4) is 0 Å². The number of rotatable bonds is 2. The molecule has 6 nitrogen and oxygen atoms in total. The van der Waals surface area contributed by atoms with Gasteiger partial charge in [0.1, 0.15) is 11.8 Å². The minimum Gasteiger partial charge on any atom is -0.479 e. The summed E-state index contributed by atoms with van der Waals surface area (Å²) in [4.78, 5) is 25.0. The van der Waals surface area contributed by atoms with E-state index in [4.69, 9.17) is 9.52 Å². The first-order valence-electron chi connectivity index (χ1n) is 6.72. The number of hydrogen-bond donors (Lipinski definition) is 2. The molecule has 0 spiro atoms. The predicted molar refractivity (Wildman–Crippen MR) is 73.9 cm³/mol. The fourth-order valence-electron chi connectivity index (χ4n) is 2.61. The van der Waals surface area contributed by atoms with Crippen molar-refractivity contribution in [1.82, 2.24) is 4.90 Å². The molecule has 0 radical (unpaired) electrons. The molecule has 1 aliphatic heterocycles. The molecular weight excluding hydrogens is 274 g/mol. The van der Waals surface area contributed by atoms with Gasteiger partial charge in [-0.3, -0.25) is 4.79 Å². The van der Waals surface area contributed by atoms with E-state index in [2.05, 4.69) is 0 Å². The van der Waals surface area contributed by atoms with E-state index in [-0.39, 0.29) is 31.8 Å². The molecule has 0 bridgehead atoms. The Morgan fingerprint density at radius 3 is 2.52 bits per heavy atom. The van der Waals surface area contributed by atoms with Gasteiger partial charge < -0.3 is 19.5 Å². The Morgan fingerprint density at radius 2 is 1.86 bits per heavy atom. The quantitative estimate of drug-likeness (QED) is 0.874. The van der Waals surface area contributed by atoms with E-state index in [1.807, 2.05) is 18.2 Å². The Morgan fingerprint density at radius 1 is 1.19 bits per heavy atom. The van der Waals surface area contributed by atoms with Crippen LogP contribution in [0.4, 0.5) is 0 Å². The van der Waals surface area contributed by atoms with E-state index in [1.54, 1.807) is 11.0 Å². The lowest BCUT2D eigenvalue weighted by Gasteiger charge is -2.35. The average Bonchev–Trinajstić information content (AvgIpc) is 2.91. The van der Waals surface area contributed by atoms with Crippen molar-refractivity contribution in [2.45, 2.75) is 18.4 Å². The molecule has 2 heterocycles. The van der Waals surface area contributed by atoms with E-state index in [0.717, 1.165) is 5.39 Å². The molecule has 1 fully saturated rings. The van der Waals surface area contributed by atoms with Gasteiger partial charge in [-0.15, -0.1) is 0 Å². The van der Waals surface area contributed by atoms with Crippen LogP contribution in [-0.2, 0) is 4.79 Å². The number of carboxylic acid groups (broad SMARTS) is 1. The summed E-state index contributed by atoms with van der Waals surface area (Å²) in [6, 6.07) is 7.25. The van der Waals surface area contributed by atoms with Crippen LogP contribution in [-0.4, -0.2) is 45.7 Å². The van der Waals surface area contributed by atoms with Crippen molar-refractivity contribution in [1.29, 1.82) is 0 Å². The first-order valence-corrected chi connectivity index (χ1v) is 6.72. The summed E-state index contributed by atoms with van der Waals surface area (Å²) in [6.45, 7) is 0.419. The van der Waals surface area contributed by atoms with E-state index < -0.39 is 11.6 Å². The number of aliphatic carboxylic acids is 1. The summed E-state index contributed by atoms with van der Waals surface area (Å²) in [7, 11) is 0. The third-order valence-electron chi connectivity index (χ3n) is 3.99. The zero-order chi connectivity index (χ0) is 15.0. The van der Waals surface area contributed by atoms with Gasteiger partial charge in [0, 0.05) is 31.3 Å². The normalized spacial score (nSPS) is 17.9. The number of benzene rings is 1. The van der Waals surface area contributed by atoms with Gasteiger partial charge in [-0.1, -0.05) is 18.2 Å². The second kappa shape index (κ2) is 4.89. The third-order valence-corrected chi connectivity index (χ3v) is 3.99. The number of para-hydroxylation sites is 1. The van der Waals surface area contributed by atoms with Crippen LogP contribution in [0, 0.1) is 0 Å². The minimum absolute atomic E-state index is 0.0316. The highest BCUT2D eigenvalue weighted by atomic mass is 16.4. The predicted octanol–water partition coefficient (Wildman–Crippen LogP) is 1.48. The molecule has 1 aromatic heterocycles. The smallest absolute Gasteiger partial charge is 0.335 e. The molecule has 0 saturated carbocycles. The summed E-state index contributed by atoms with van der Waals surface area (Å²) in [5, 5.41) is 19.6. The molecule has 1 saturated heterocycles. The van der Waals surface area contributed by atoms with Gasteiger partial charge in [-0.05, 0) is 6.07 Å². The molecule has 1 aliphatic rings.